The molecule has 1 heterocycles. The minimum atomic E-state index is -0.0376. The van der Waals surface area contributed by atoms with E-state index in [1.54, 1.807) is 0 Å². The smallest absolute Gasteiger partial charge is 0.234 e. The number of hydrogen-bond donors (Lipinski definition) is 1. The molecule has 10 heavy (non-hydrogen) atoms. The van der Waals surface area contributed by atoms with Crippen molar-refractivity contribution in [3.05, 3.63) is 11.3 Å². The van der Waals surface area contributed by atoms with Gasteiger partial charge >= 0.3 is 0 Å². The third-order valence-corrected chi connectivity index (χ3v) is 2.77. The van der Waals surface area contributed by atoms with Crippen LogP contribution in [0.15, 0.2) is 11.3 Å². The Morgan fingerprint density at radius 3 is 2.20 bits per heavy atom. The maximum absolute atomic E-state index is 11.2. The Balaban J connectivity index is 2.43. The molecule has 1 spiro atoms. The van der Waals surface area contributed by atoms with Crippen LogP contribution in [0.5, 0.6) is 0 Å². The summed E-state index contributed by atoms with van der Waals surface area (Å²) in [7, 11) is 0. The van der Waals surface area contributed by atoms with Crippen molar-refractivity contribution < 1.29 is 4.79 Å². The van der Waals surface area contributed by atoms with Crippen molar-refractivity contribution in [1.29, 1.82) is 0 Å². The maximum Gasteiger partial charge on any atom is 0.234 e. The molecule has 1 saturated carbocycles. The van der Waals surface area contributed by atoms with Crippen molar-refractivity contribution in [1.82, 2.24) is 5.32 Å². The predicted octanol–water partition coefficient (Wildman–Crippen LogP) is 1.19. The second-order valence-electron chi connectivity index (χ2n) is 3.29. The van der Waals surface area contributed by atoms with E-state index in [2.05, 4.69) is 12.2 Å². The molecule has 2 heteroatoms. The lowest BCUT2D eigenvalue weighted by Crippen LogP contribution is -2.21. The quantitative estimate of drug-likeness (QED) is 0.534. The number of hydrogen-bond acceptors (Lipinski definition) is 1. The molecule has 0 radical (unpaired) electrons. The molecular weight excluding hydrogens is 126 g/mol. The van der Waals surface area contributed by atoms with Gasteiger partial charge in [-0.3, -0.25) is 4.79 Å². The molecule has 1 aliphatic carbocycles. The van der Waals surface area contributed by atoms with Gasteiger partial charge in [0, 0.05) is 5.70 Å². The highest BCUT2D eigenvalue weighted by Crippen LogP contribution is 2.55. The van der Waals surface area contributed by atoms with Crippen LogP contribution in [-0.4, -0.2) is 5.91 Å². The Kier molecular flexibility index (Phi) is 0.858. The predicted molar refractivity (Wildman–Crippen MR) is 38.2 cm³/mol. The lowest BCUT2D eigenvalue weighted by atomic mass is 9.99. The molecule has 54 valence electrons. The zero-order chi connectivity index (χ0) is 7.35. The standard InChI is InChI=1S/C8H11NO/c1-5-6(2)9-7(10)8(5)3-4-8/h3-4H2,1-2H3,(H,9,10). The fourth-order valence-electron chi connectivity index (χ4n) is 1.64. The summed E-state index contributed by atoms with van der Waals surface area (Å²) in [5.74, 6) is 0.225. The van der Waals surface area contributed by atoms with E-state index in [9.17, 15) is 4.79 Å². The first-order valence-corrected chi connectivity index (χ1v) is 3.66. The molecule has 2 aliphatic rings. The van der Waals surface area contributed by atoms with E-state index < -0.39 is 0 Å². The van der Waals surface area contributed by atoms with Gasteiger partial charge in [0.05, 0.1) is 5.41 Å². The maximum atomic E-state index is 11.2. The molecule has 0 aromatic rings. The van der Waals surface area contributed by atoms with Gasteiger partial charge < -0.3 is 5.32 Å². The second-order valence-corrected chi connectivity index (χ2v) is 3.29. The monoisotopic (exact) mass is 137 g/mol. The third-order valence-electron chi connectivity index (χ3n) is 2.77. The van der Waals surface area contributed by atoms with Crippen LogP contribution >= 0.6 is 0 Å². The Morgan fingerprint density at radius 1 is 1.40 bits per heavy atom. The molecule has 0 bridgehead atoms. The summed E-state index contributed by atoms with van der Waals surface area (Å²) in [5.41, 5.74) is 2.30. The summed E-state index contributed by atoms with van der Waals surface area (Å²) in [6, 6.07) is 0. The Hall–Kier alpha value is -0.790. The van der Waals surface area contributed by atoms with Crippen molar-refractivity contribution >= 4 is 5.91 Å². The number of nitrogens with one attached hydrogen (secondary N) is 1. The average molecular weight is 137 g/mol. The highest BCUT2D eigenvalue weighted by atomic mass is 16.2. The van der Waals surface area contributed by atoms with Crippen LogP contribution in [-0.2, 0) is 4.79 Å². The molecule has 0 atom stereocenters. The van der Waals surface area contributed by atoms with Crippen LogP contribution in [0, 0.1) is 5.41 Å². The first kappa shape index (κ1) is 5.96. The fraction of sp³-hybridized carbons (Fsp3) is 0.625. The van der Waals surface area contributed by atoms with Crippen molar-refractivity contribution in [2.45, 2.75) is 26.7 Å². The lowest BCUT2D eigenvalue weighted by molar-refractivity contribution is -0.123. The van der Waals surface area contributed by atoms with Gasteiger partial charge in [0.15, 0.2) is 0 Å². The van der Waals surface area contributed by atoms with Crippen LogP contribution in [0.2, 0.25) is 0 Å². The van der Waals surface area contributed by atoms with Crippen molar-refractivity contribution in [3.63, 3.8) is 0 Å². The third kappa shape index (κ3) is 0.474. The number of allylic oxidation sites excluding steroid dienone is 1. The lowest BCUT2D eigenvalue weighted by Gasteiger charge is -2.01. The van der Waals surface area contributed by atoms with Crippen LogP contribution in [0.1, 0.15) is 26.7 Å². The zero-order valence-electron chi connectivity index (χ0n) is 6.32. The van der Waals surface area contributed by atoms with E-state index in [4.69, 9.17) is 0 Å². The van der Waals surface area contributed by atoms with Crippen LogP contribution < -0.4 is 5.32 Å². The second kappa shape index (κ2) is 1.44. The minimum Gasteiger partial charge on any atom is -0.329 e. The molecule has 2 rings (SSSR count). The molecule has 0 aromatic heterocycles. The number of rotatable bonds is 0. The first-order valence-electron chi connectivity index (χ1n) is 3.66. The van der Waals surface area contributed by atoms with Crippen LogP contribution in [0.25, 0.3) is 0 Å². The van der Waals surface area contributed by atoms with E-state index in [-0.39, 0.29) is 11.3 Å². The summed E-state index contributed by atoms with van der Waals surface area (Å²) in [6.07, 6.45) is 2.12. The van der Waals surface area contributed by atoms with Gasteiger partial charge in [-0.1, -0.05) is 0 Å². The van der Waals surface area contributed by atoms with E-state index in [0.717, 1.165) is 18.5 Å². The van der Waals surface area contributed by atoms with Crippen molar-refractivity contribution in [3.8, 4) is 0 Å². The van der Waals surface area contributed by atoms with Crippen LogP contribution in [0.3, 0.4) is 0 Å². The van der Waals surface area contributed by atoms with E-state index in [1.165, 1.54) is 5.57 Å². The first-order chi connectivity index (χ1) is 4.67. The summed E-state index contributed by atoms with van der Waals surface area (Å²) in [4.78, 5) is 11.2. The molecule has 0 unspecified atom stereocenters. The number of carbonyl (C=O) groups is 1. The molecule has 1 N–H and O–H groups in total. The van der Waals surface area contributed by atoms with Crippen LogP contribution in [0.4, 0.5) is 0 Å². The molecule has 0 aromatic carbocycles. The topological polar surface area (TPSA) is 29.1 Å². The van der Waals surface area contributed by atoms with E-state index in [0.29, 0.717) is 0 Å². The Bertz CT molecular complexity index is 236. The van der Waals surface area contributed by atoms with Crippen molar-refractivity contribution in [2.24, 2.45) is 5.41 Å². The van der Waals surface area contributed by atoms with Gasteiger partial charge in [-0.2, -0.15) is 0 Å². The molecular formula is C8H11NO. The summed E-state index contributed by atoms with van der Waals surface area (Å²) in [5, 5.41) is 2.86. The number of amides is 1. The summed E-state index contributed by atoms with van der Waals surface area (Å²) in [6.45, 7) is 4.03. The van der Waals surface area contributed by atoms with Gasteiger partial charge in [0.1, 0.15) is 0 Å². The van der Waals surface area contributed by atoms with Crippen molar-refractivity contribution in [2.75, 3.05) is 0 Å². The number of carbonyl (C=O) groups excluding carboxylic acids is 1. The van der Waals surface area contributed by atoms with Gasteiger partial charge in [0.25, 0.3) is 0 Å². The molecule has 0 saturated heterocycles. The van der Waals surface area contributed by atoms with E-state index >= 15 is 0 Å². The average Bonchev–Trinajstić information content (AvgIpc) is 2.61. The molecule has 1 amide bonds. The Labute approximate surface area is 60.3 Å². The highest BCUT2D eigenvalue weighted by molar-refractivity contribution is 5.93. The fourth-order valence-corrected chi connectivity index (χ4v) is 1.64. The zero-order valence-corrected chi connectivity index (χ0v) is 6.32. The molecule has 1 fully saturated rings. The van der Waals surface area contributed by atoms with Gasteiger partial charge in [-0.25, -0.2) is 0 Å². The minimum absolute atomic E-state index is 0.0376. The van der Waals surface area contributed by atoms with Gasteiger partial charge in [-0.15, -0.1) is 0 Å². The van der Waals surface area contributed by atoms with E-state index in [1.807, 2.05) is 6.92 Å². The summed E-state index contributed by atoms with van der Waals surface area (Å²) >= 11 is 0. The largest absolute Gasteiger partial charge is 0.329 e. The molecule has 2 nitrogen and oxygen atoms in total. The normalized spacial score (nSPS) is 27.6. The highest BCUT2D eigenvalue weighted by Gasteiger charge is 2.54. The Morgan fingerprint density at radius 2 is 2.00 bits per heavy atom. The SMILES string of the molecule is CC1=C(C)C2(CC2)C(=O)N1. The molecule has 1 aliphatic heterocycles. The summed E-state index contributed by atoms with van der Waals surface area (Å²) < 4.78 is 0. The van der Waals surface area contributed by atoms with Gasteiger partial charge in [0.2, 0.25) is 5.91 Å². The van der Waals surface area contributed by atoms with Gasteiger partial charge in [-0.05, 0) is 32.3 Å².